The summed E-state index contributed by atoms with van der Waals surface area (Å²) >= 11 is 5.97. The van der Waals surface area contributed by atoms with Crippen molar-refractivity contribution >= 4 is 56.2 Å². The maximum atomic E-state index is 13.0. The van der Waals surface area contributed by atoms with Crippen LogP contribution in [0.4, 0.5) is 5.82 Å². The number of halogens is 1. The van der Waals surface area contributed by atoms with E-state index in [-0.39, 0.29) is 41.7 Å². The van der Waals surface area contributed by atoms with E-state index in [1.807, 2.05) is 0 Å². The summed E-state index contributed by atoms with van der Waals surface area (Å²) in [4.78, 5) is 56.2. The van der Waals surface area contributed by atoms with Crippen molar-refractivity contribution in [1.82, 2.24) is 39.0 Å². The van der Waals surface area contributed by atoms with E-state index in [2.05, 4.69) is 29.9 Å². The number of anilines is 1. The number of nitrogens with two attached hydrogens (primary N) is 1. The molecule has 5 N–H and O–H groups in total. The fraction of sp³-hybridized carbons (Fsp3) is 0.500. The Kier molecular flexibility index (Phi) is 7.23. The molecule has 4 aromatic rings. The monoisotopic (exact) mass is 645 g/mol. The minimum Gasteiger partial charge on any atom is -0.382 e. The standard InChI is InChI=1S/C20H22ClN9O10P2/c21-20-27-16(22)14-18(28-20)30(6-25-14)12-1-8-11(38-12)4-36-42(33,34)40-9-2-13(37-10(9)3-35-41(32)39-8)29-7-26-15-17(29)23-5-24-19(15)31/h5-13,32H,1-4H2,(H,33,34)(H2,22,27,28)(H,23,24,31)/t8-,9-,10?,11?,12?,13?,41?/m0/s1. The molecule has 224 valence electrons. The van der Waals surface area contributed by atoms with Gasteiger partial charge in [-0.15, -0.1) is 0 Å². The lowest BCUT2D eigenvalue weighted by atomic mass is 10.2. The Morgan fingerprint density at radius 3 is 2.48 bits per heavy atom. The summed E-state index contributed by atoms with van der Waals surface area (Å²) in [6.45, 7) is -0.685. The maximum Gasteiger partial charge on any atom is 0.472 e. The summed E-state index contributed by atoms with van der Waals surface area (Å²) in [5.41, 5.74) is 6.42. The van der Waals surface area contributed by atoms with Crippen LogP contribution in [0.3, 0.4) is 0 Å². The second kappa shape index (κ2) is 10.8. The van der Waals surface area contributed by atoms with Crippen molar-refractivity contribution in [3.63, 3.8) is 0 Å². The van der Waals surface area contributed by atoms with Gasteiger partial charge in [0.25, 0.3) is 5.56 Å². The first-order chi connectivity index (χ1) is 20.1. The molecular formula is C20H22ClN9O10P2. The van der Waals surface area contributed by atoms with Gasteiger partial charge in [-0.2, -0.15) is 9.97 Å². The Morgan fingerprint density at radius 2 is 1.69 bits per heavy atom. The van der Waals surface area contributed by atoms with Crippen molar-refractivity contribution < 1.29 is 41.9 Å². The number of ether oxygens (including phenoxy) is 2. The van der Waals surface area contributed by atoms with Crippen LogP contribution in [0, 0.1) is 0 Å². The highest BCUT2D eigenvalue weighted by Crippen LogP contribution is 2.51. The molecule has 0 spiro atoms. The molecule has 8 atom stereocenters. The molecule has 4 aromatic heterocycles. The fourth-order valence-corrected chi connectivity index (χ4v) is 7.03. The van der Waals surface area contributed by atoms with Crippen molar-refractivity contribution in [1.29, 1.82) is 0 Å². The number of nitrogens with zero attached hydrogens (tertiary/aromatic N) is 7. The number of fused-ring (bicyclic) bond motifs is 4. The molecule has 3 aliphatic heterocycles. The largest absolute Gasteiger partial charge is 0.472 e. The van der Waals surface area contributed by atoms with Gasteiger partial charge >= 0.3 is 16.4 Å². The highest BCUT2D eigenvalue weighted by Gasteiger charge is 2.46. The molecule has 0 bridgehead atoms. The van der Waals surface area contributed by atoms with E-state index in [9.17, 15) is 19.1 Å². The zero-order valence-electron chi connectivity index (χ0n) is 21.2. The van der Waals surface area contributed by atoms with Gasteiger partial charge in [-0.3, -0.25) is 23.0 Å². The van der Waals surface area contributed by atoms with E-state index < -0.39 is 65.5 Å². The number of nitrogens with one attached hydrogen (secondary N) is 1. The van der Waals surface area contributed by atoms with Crippen LogP contribution >= 0.6 is 28.0 Å². The van der Waals surface area contributed by atoms with Crippen LogP contribution in [0.25, 0.3) is 22.3 Å². The van der Waals surface area contributed by atoms with Gasteiger partial charge in [0.1, 0.15) is 36.3 Å². The molecule has 0 aliphatic carbocycles. The zero-order valence-corrected chi connectivity index (χ0v) is 23.7. The van der Waals surface area contributed by atoms with Crippen molar-refractivity contribution in [2.75, 3.05) is 18.9 Å². The third-order valence-corrected chi connectivity index (χ3v) is 9.02. The van der Waals surface area contributed by atoms with Crippen LogP contribution in [-0.2, 0) is 32.1 Å². The van der Waals surface area contributed by atoms with Crippen LogP contribution in [0.5, 0.6) is 0 Å². The smallest absolute Gasteiger partial charge is 0.382 e. The number of hydrogen-bond donors (Lipinski definition) is 4. The topological polar surface area (TPSA) is 246 Å². The summed E-state index contributed by atoms with van der Waals surface area (Å²) < 4.78 is 50.3. The van der Waals surface area contributed by atoms with E-state index >= 15 is 0 Å². The van der Waals surface area contributed by atoms with Gasteiger partial charge in [0.15, 0.2) is 22.6 Å². The lowest BCUT2D eigenvalue weighted by Gasteiger charge is -2.26. The molecule has 0 amide bonds. The predicted octanol–water partition coefficient (Wildman–Crippen LogP) is 0.907. The second-order valence-corrected chi connectivity index (χ2v) is 12.3. The number of nitrogen functional groups attached to an aromatic ring is 1. The highest BCUT2D eigenvalue weighted by molar-refractivity contribution is 7.47. The molecular weight excluding hydrogens is 624 g/mol. The summed E-state index contributed by atoms with van der Waals surface area (Å²) in [7, 11) is -7.11. The number of phosphoric ester groups is 1. The Labute approximate surface area is 240 Å². The average molecular weight is 646 g/mol. The third-order valence-electron chi connectivity index (χ3n) is 7.01. The van der Waals surface area contributed by atoms with E-state index in [1.54, 1.807) is 4.57 Å². The zero-order chi connectivity index (χ0) is 29.2. The molecule has 42 heavy (non-hydrogen) atoms. The quantitative estimate of drug-likeness (QED) is 0.175. The SMILES string of the molecule is Nc1nc(Cl)nc2c1ncn2C1C[C@@H]2OP(O)OCC3OC(n4cnc5c(=O)[nH]cnc54)C[C@@H]3OP(=O)(O)OCC2O1. The molecule has 6 unspecified atom stereocenters. The molecule has 7 heterocycles. The predicted molar refractivity (Wildman–Crippen MR) is 141 cm³/mol. The van der Waals surface area contributed by atoms with Gasteiger partial charge in [-0.1, -0.05) is 0 Å². The third kappa shape index (κ3) is 5.20. The van der Waals surface area contributed by atoms with Crippen LogP contribution in [0.15, 0.2) is 23.8 Å². The Bertz CT molecular complexity index is 1750. The summed E-state index contributed by atoms with van der Waals surface area (Å²) in [5.74, 6) is 0.0830. The second-order valence-electron chi connectivity index (χ2n) is 9.57. The molecule has 0 radical (unpaired) electrons. The summed E-state index contributed by atoms with van der Waals surface area (Å²) in [5, 5.41) is -0.0855. The number of rotatable bonds is 2. The van der Waals surface area contributed by atoms with E-state index in [0.717, 1.165) is 0 Å². The minimum atomic E-state index is -4.66. The van der Waals surface area contributed by atoms with Crippen LogP contribution in [-0.4, -0.2) is 86.5 Å². The first kappa shape index (κ1) is 28.1. The van der Waals surface area contributed by atoms with Gasteiger partial charge < -0.3 is 39.0 Å². The van der Waals surface area contributed by atoms with Gasteiger partial charge in [0, 0.05) is 12.8 Å². The van der Waals surface area contributed by atoms with Crippen molar-refractivity contribution in [2.24, 2.45) is 0 Å². The van der Waals surface area contributed by atoms with E-state index in [4.69, 9.17) is 44.9 Å². The van der Waals surface area contributed by atoms with Crippen molar-refractivity contribution in [3.05, 3.63) is 34.6 Å². The lowest BCUT2D eigenvalue weighted by Crippen LogP contribution is -2.32. The normalized spacial score (nSPS) is 34.2. The van der Waals surface area contributed by atoms with E-state index in [0.29, 0.717) is 11.2 Å². The molecule has 3 aliphatic rings. The number of aromatic nitrogens is 8. The first-order valence-corrected chi connectivity index (χ1v) is 15.5. The number of aromatic amines is 1. The van der Waals surface area contributed by atoms with E-state index in [1.165, 1.54) is 23.5 Å². The minimum absolute atomic E-state index is 0.0535. The van der Waals surface area contributed by atoms with Crippen LogP contribution in [0.2, 0.25) is 5.28 Å². The number of phosphoric acid groups is 1. The van der Waals surface area contributed by atoms with Gasteiger partial charge in [0.05, 0.1) is 38.3 Å². The van der Waals surface area contributed by atoms with Gasteiger partial charge in [-0.05, 0) is 11.6 Å². The molecule has 3 fully saturated rings. The number of hydrogen-bond acceptors (Lipinski definition) is 15. The maximum absolute atomic E-state index is 13.0. The summed E-state index contributed by atoms with van der Waals surface area (Å²) in [6, 6.07) is 0. The average Bonchev–Trinajstić information content (AvgIpc) is 3.71. The van der Waals surface area contributed by atoms with Crippen LogP contribution < -0.4 is 11.3 Å². The molecule has 3 saturated heterocycles. The Balaban J connectivity index is 1.10. The fourth-order valence-electron chi connectivity index (χ4n) is 5.11. The number of H-pyrrole nitrogens is 1. The number of imidazole rings is 2. The molecule has 19 nitrogen and oxygen atoms in total. The van der Waals surface area contributed by atoms with Crippen molar-refractivity contribution in [3.8, 4) is 0 Å². The van der Waals surface area contributed by atoms with Crippen molar-refractivity contribution in [2.45, 2.75) is 49.7 Å². The van der Waals surface area contributed by atoms with Gasteiger partial charge in [-0.25, -0.2) is 19.5 Å². The first-order valence-electron chi connectivity index (χ1n) is 12.5. The molecule has 0 aromatic carbocycles. The van der Waals surface area contributed by atoms with Gasteiger partial charge in [0.2, 0.25) is 5.28 Å². The summed E-state index contributed by atoms with van der Waals surface area (Å²) in [6.07, 6.45) is -0.942. The van der Waals surface area contributed by atoms with Crippen LogP contribution in [0.1, 0.15) is 25.3 Å². The lowest BCUT2D eigenvalue weighted by molar-refractivity contribution is -0.0617. The Morgan fingerprint density at radius 1 is 1.00 bits per heavy atom. The Hall–Kier alpha value is -2.67. The highest BCUT2D eigenvalue weighted by atomic mass is 35.5. The molecule has 0 saturated carbocycles. The molecule has 7 rings (SSSR count). The molecule has 22 heteroatoms.